The van der Waals surface area contributed by atoms with Crippen LogP contribution in [0.25, 0.3) is 0 Å². The van der Waals surface area contributed by atoms with Gasteiger partial charge in [-0.15, -0.1) is 0 Å². The highest BCUT2D eigenvalue weighted by Gasteiger charge is 2.37. The van der Waals surface area contributed by atoms with E-state index < -0.39 is 16.8 Å². The highest BCUT2D eigenvalue weighted by atomic mass is 32.2. The number of nitriles is 2. The first kappa shape index (κ1) is 22.6. The van der Waals surface area contributed by atoms with Crippen molar-refractivity contribution < 1.29 is 9.90 Å². The molecule has 2 heterocycles. The summed E-state index contributed by atoms with van der Waals surface area (Å²) in [6, 6.07) is 13.4. The van der Waals surface area contributed by atoms with E-state index in [2.05, 4.69) is 17.1 Å². The highest BCUT2D eigenvalue weighted by Crippen LogP contribution is 2.40. The summed E-state index contributed by atoms with van der Waals surface area (Å²) < 4.78 is 0. The lowest BCUT2D eigenvalue weighted by atomic mass is 10.0. The number of anilines is 1. The van der Waals surface area contributed by atoms with E-state index in [0.717, 1.165) is 11.8 Å². The molecule has 1 saturated heterocycles. The predicted octanol–water partition coefficient (Wildman–Crippen LogP) is 1.61. The molecule has 9 heteroatoms. The summed E-state index contributed by atoms with van der Waals surface area (Å²) in [4.78, 5) is 18.7. The topological polar surface area (TPSA) is 153 Å². The van der Waals surface area contributed by atoms with Gasteiger partial charge in [0.05, 0.1) is 16.7 Å². The second kappa shape index (κ2) is 9.36. The van der Waals surface area contributed by atoms with E-state index in [1.807, 2.05) is 30.0 Å². The summed E-state index contributed by atoms with van der Waals surface area (Å²) in [6.45, 7) is 2.68. The first-order valence-corrected chi connectivity index (χ1v) is 10.8. The Labute approximate surface area is 185 Å². The van der Waals surface area contributed by atoms with Crippen LogP contribution in [0.1, 0.15) is 40.8 Å². The minimum absolute atomic E-state index is 0.0989. The van der Waals surface area contributed by atoms with Gasteiger partial charge < -0.3 is 21.5 Å². The fourth-order valence-electron chi connectivity index (χ4n) is 3.73. The minimum atomic E-state index is -1.05. The van der Waals surface area contributed by atoms with Crippen LogP contribution in [0.2, 0.25) is 0 Å². The van der Waals surface area contributed by atoms with Crippen molar-refractivity contribution in [2.75, 3.05) is 24.5 Å². The van der Waals surface area contributed by atoms with Crippen LogP contribution in [0.15, 0.2) is 35.4 Å². The van der Waals surface area contributed by atoms with E-state index in [1.54, 1.807) is 12.1 Å². The van der Waals surface area contributed by atoms with Crippen molar-refractivity contribution in [2.24, 2.45) is 11.5 Å². The van der Waals surface area contributed by atoms with Crippen molar-refractivity contribution in [3.63, 3.8) is 0 Å². The van der Waals surface area contributed by atoms with Crippen LogP contribution in [-0.4, -0.2) is 41.2 Å². The molecular weight excluding hydrogens is 412 g/mol. The molecule has 0 saturated carbocycles. The Balaban J connectivity index is 2.13. The van der Waals surface area contributed by atoms with E-state index in [1.165, 1.54) is 0 Å². The van der Waals surface area contributed by atoms with E-state index in [0.29, 0.717) is 46.9 Å². The van der Waals surface area contributed by atoms with Gasteiger partial charge in [-0.2, -0.15) is 10.5 Å². The van der Waals surface area contributed by atoms with E-state index >= 15 is 0 Å². The molecule has 5 N–H and O–H groups in total. The number of β-amino-alcohol motifs (C(OH)–C–C–N with tert-alkyl or cyclic N) is 1. The first-order valence-electron chi connectivity index (χ1n) is 9.92. The highest BCUT2D eigenvalue weighted by molar-refractivity contribution is 8.00. The van der Waals surface area contributed by atoms with Gasteiger partial charge in [-0.05, 0) is 24.0 Å². The maximum atomic E-state index is 12.2. The maximum absolute atomic E-state index is 12.2. The van der Waals surface area contributed by atoms with E-state index in [4.69, 9.17) is 11.5 Å². The number of amides is 1. The number of thioether (sulfide) groups is 1. The maximum Gasteiger partial charge on any atom is 0.235 e. The molecule has 1 aromatic heterocycles. The monoisotopic (exact) mass is 436 g/mol. The molecule has 2 aromatic rings. The minimum Gasteiger partial charge on any atom is -0.387 e. The lowest BCUT2D eigenvalue weighted by Gasteiger charge is -2.25. The molecule has 31 heavy (non-hydrogen) atoms. The van der Waals surface area contributed by atoms with Crippen LogP contribution < -0.4 is 16.4 Å². The summed E-state index contributed by atoms with van der Waals surface area (Å²) in [5.41, 5.74) is 12.2. The fourth-order valence-corrected chi connectivity index (χ4v) is 4.79. The zero-order chi connectivity index (χ0) is 22.6. The summed E-state index contributed by atoms with van der Waals surface area (Å²) >= 11 is 1.10. The van der Waals surface area contributed by atoms with Crippen molar-refractivity contribution in [3.05, 3.63) is 52.6 Å². The number of rotatable bonds is 7. The molecule has 1 amide bonds. The van der Waals surface area contributed by atoms with Gasteiger partial charge in [0, 0.05) is 19.6 Å². The third-order valence-corrected chi connectivity index (χ3v) is 6.69. The molecule has 0 radical (unpaired) electrons. The molecule has 8 nitrogen and oxygen atoms in total. The SMILES string of the molecule is CCc1c(C#N)c(S[C@@H](C(N)=O)c2ccccc2)nc(N2CC[C@](O)(CN)C2)c1C#N. The van der Waals surface area contributed by atoms with Gasteiger partial charge in [0.15, 0.2) is 0 Å². The average Bonchev–Trinajstić information content (AvgIpc) is 3.19. The number of carbonyl (C=O) groups excluding carboxylic acids is 1. The Hall–Kier alpha value is -3.11. The lowest BCUT2D eigenvalue weighted by molar-refractivity contribution is -0.117. The zero-order valence-corrected chi connectivity index (χ0v) is 18.0. The van der Waals surface area contributed by atoms with Crippen LogP contribution >= 0.6 is 11.8 Å². The Kier molecular flexibility index (Phi) is 6.81. The molecule has 0 aliphatic carbocycles. The van der Waals surface area contributed by atoms with Crippen LogP contribution in [0.5, 0.6) is 0 Å². The molecule has 1 aliphatic heterocycles. The second-order valence-electron chi connectivity index (χ2n) is 7.46. The lowest BCUT2D eigenvalue weighted by Crippen LogP contribution is -2.40. The van der Waals surface area contributed by atoms with Gasteiger partial charge in [0.25, 0.3) is 0 Å². The standard InChI is InChI=1S/C22H24N6O2S/c1-2-15-16(10-23)20(28-9-8-22(30,12-25)13-28)27-21(17(15)11-24)31-18(19(26)29)14-6-4-3-5-7-14/h3-7,18,30H,2,8-9,12-13,25H2,1H3,(H2,26,29)/t18-,22+/m1/s1. The van der Waals surface area contributed by atoms with Crippen molar-refractivity contribution in [1.82, 2.24) is 4.98 Å². The quantitative estimate of drug-likeness (QED) is 0.553. The smallest absolute Gasteiger partial charge is 0.235 e. The molecule has 0 spiro atoms. The summed E-state index contributed by atoms with van der Waals surface area (Å²) in [7, 11) is 0. The number of hydrogen-bond donors (Lipinski definition) is 3. The molecule has 160 valence electrons. The molecule has 2 atom stereocenters. The van der Waals surface area contributed by atoms with Crippen LogP contribution in [-0.2, 0) is 11.2 Å². The van der Waals surface area contributed by atoms with Gasteiger partial charge in [-0.3, -0.25) is 4.79 Å². The van der Waals surface area contributed by atoms with Crippen LogP contribution in [0, 0.1) is 22.7 Å². The number of hydrogen-bond acceptors (Lipinski definition) is 8. The Morgan fingerprint density at radius 2 is 2.00 bits per heavy atom. The molecule has 1 aromatic carbocycles. The molecule has 0 unspecified atom stereocenters. The van der Waals surface area contributed by atoms with E-state index in [9.17, 15) is 20.4 Å². The third kappa shape index (κ3) is 4.49. The molecule has 1 aliphatic rings. The average molecular weight is 437 g/mol. The molecular formula is C22H24N6O2S. The Bertz CT molecular complexity index is 1060. The normalized spacial score (nSPS) is 18.9. The first-order chi connectivity index (χ1) is 14.9. The van der Waals surface area contributed by atoms with Gasteiger partial charge >= 0.3 is 0 Å². The van der Waals surface area contributed by atoms with Crippen molar-refractivity contribution in [3.8, 4) is 12.1 Å². The van der Waals surface area contributed by atoms with Gasteiger partial charge in [0.1, 0.15) is 28.2 Å². The molecule has 3 rings (SSSR count). The van der Waals surface area contributed by atoms with Crippen molar-refractivity contribution in [2.45, 2.75) is 35.6 Å². The molecule has 0 bridgehead atoms. The van der Waals surface area contributed by atoms with Crippen LogP contribution in [0.4, 0.5) is 5.82 Å². The Morgan fingerprint density at radius 1 is 1.32 bits per heavy atom. The zero-order valence-electron chi connectivity index (χ0n) is 17.2. The van der Waals surface area contributed by atoms with Gasteiger partial charge in [-0.1, -0.05) is 49.0 Å². The van der Waals surface area contributed by atoms with Gasteiger partial charge in [0.2, 0.25) is 5.91 Å². The van der Waals surface area contributed by atoms with Crippen molar-refractivity contribution in [1.29, 1.82) is 10.5 Å². The second-order valence-corrected chi connectivity index (χ2v) is 8.55. The molecule has 1 fully saturated rings. The van der Waals surface area contributed by atoms with E-state index in [-0.39, 0.29) is 18.7 Å². The largest absolute Gasteiger partial charge is 0.387 e. The summed E-state index contributed by atoms with van der Waals surface area (Å²) in [6.07, 6.45) is 0.893. The summed E-state index contributed by atoms with van der Waals surface area (Å²) in [5, 5.41) is 29.8. The number of aliphatic hydroxyl groups is 1. The fraction of sp³-hybridized carbons (Fsp3) is 0.364. The van der Waals surface area contributed by atoms with Gasteiger partial charge in [-0.25, -0.2) is 4.98 Å². The summed E-state index contributed by atoms with van der Waals surface area (Å²) in [5.74, 6) is -0.161. The van der Waals surface area contributed by atoms with Crippen LogP contribution in [0.3, 0.4) is 0 Å². The number of benzene rings is 1. The number of primary amides is 1. The number of nitrogens with zero attached hydrogens (tertiary/aromatic N) is 4. The number of pyridine rings is 1. The van der Waals surface area contributed by atoms with Crippen molar-refractivity contribution >= 4 is 23.5 Å². The predicted molar refractivity (Wildman–Crippen MR) is 118 cm³/mol. The third-order valence-electron chi connectivity index (χ3n) is 5.43. The number of aromatic nitrogens is 1. The number of nitrogens with two attached hydrogens (primary N) is 2. The Morgan fingerprint density at radius 3 is 2.52 bits per heavy atom. The number of carbonyl (C=O) groups is 1.